The van der Waals surface area contributed by atoms with Crippen LogP contribution in [0.25, 0.3) is 11.1 Å². The second-order valence-electron chi connectivity index (χ2n) is 11.2. The van der Waals surface area contributed by atoms with Crippen LogP contribution in [0.2, 0.25) is 0 Å². The molecule has 0 saturated heterocycles. The third kappa shape index (κ3) is 6.04. The predicted octanol–water partition coefficient (Wildman–Crippen LogP) is 6.45. The molecule has 0 bridgehead atoms. The summed E-state index contributed by atoms with van der Waals surface area (Å²) in [5, 5.41) is 9.39. The van der Waals surface area contributed by atoms with E-state index in [4.69, 9.17) is 11.7 Å². The molecular weight excluding hydrogens is 542 g/mol. The molecule has 222 valence electrons. The van der Waals surface area contributed by atoms with E-state index in [-0.39, 0.29) is 12.0 Å². The lowest BCUT2D eigenvalue weighted by Gasteiger charge is -2.44. The highest BCUT2D eigenvalue weighted by Crippen LogP contribution is 2.42. The number of nitrogens with two attached hydrogens (primary N) is 2. The van der Waals surface area contributed by atoms with Crippen molar-refractivity contribution in [2.24, 2.45) is 22.7 Å². The number of rotatable bonds is 11. The van der Waals surface area contributed by atoms with Crippen molar-refractivity contribution in [3.05, 3.63) is 167 Å². The van der Waals surface area contributed by atoms with E-state index in [0.29, 0.717) is 12.4 Å². The van der Waals surface area contributed by atoms with E-state index in [9.17, 15) is 4.79 Å². The first kappa shape index (κ1) is 30.4. The fourth-order valence-electron chi connectivity index (χ4n) is 5.78. The third-order valence-electron chi connectivity index (χ3n) is 8.13. The van der Waals surface area contributed by atoms with Gasteiger partial charge in [0, 0.05) is 12.1 Å². The van der Waals surface area contributed by atoms with Gasteiger partial charge < -0.3 is 16.0 Å². The fourth-order valence-corrected chi connectivity index (χ4v) is 5.78. The van der Waals surface area contributed by atoms with Crippen molar-refractivity contribution in [3.63, 3.8) is 0 Å². The van der Waals surface area contributed by atoms with E-state index in [1.807, 2.05) is 86.6 Å². The van der Waals surface area contributed by atoms with Crippen LogP contribution < -0.4 is 17.0 Å². The molecule has 0 aromatic heterocycles. The highest BCUT2D eigenvalue weighted by atomic mass is 16.1. The second kappa shape index (κ2) is 14.0. The standard InChI is InChI=1S/C38H39N5O/c1-28(2)36(27-44)41-26-29-22-24-30(25-23-29)34-20-12-13-21-35(34)37(42-39)43(40)38(31-14-6-3-7-15-31,32-16-8-4-9-17-32)33-18-10-5-11-19-33/h3-25,27-28,36,41H,26,39-40H2,1-2H3/b42-37-. The van der Waals surface area contributed by atoms with Crippen LogP contribution in [0, 0.1) is 5.92 Å². The molecule has 1 unspecified atom stereocenters. The minimum absolute atomic E-state index is 0.187. The smallest absolute Gasteiger partial charge is 0.171 e. The van der Waals surface area contributed by atoms with Crippen molar-refractivity contribution in [1.29, 1.82) is 0 Å². The van der Waals surface area contributed by atoms with E-state index in [1.54, 1.807) is 5.01 Å². The van der Waals surface area contributed by atoms with Gasteiger partial charge in [-0.15, -0.1) is 0 Å². The van der Waals surface area contributed by atoms with Crippen LogP contribution >= 0.6 is 0 Å². The number of aldehydes is 1. The van der Waals surface area contributed by atoms with E-state index < -0.39 is 5.54 Å². The lowest BCUT2D eigenvalue weighted by Crippen LogP contribution is -2.55. The Kier molecular flexibility index (Phi) is 9.65. The molecule has 1 atom stereocenters. The van der Waals surface area contributed by atoms with E-state index >= 15 is 0 Å². The van der Waals surface area contributed by atoms with Crippen molar-refractivity contribution < 1.29 is 4.79 Å². The molecule has 0 fully saturated rings. The first-order chi connectivity index (χ1) is 21.5. The van der Waals surface area contributed by atoms with Gasteiger partial charge in [-0.25, -0.2) is 5.84 Å². The van der Waals surface area contributed by atoms with Crippen LogP contribution in [-0.4, -0.2) is 23.2 Å². The van der Waals surface area contributed by atoms with Gasteiger partial charge in [0.05, 0.1) is 6.04 Å². The van der Waals surface area contributed by atoms with Crippen molar-refractivity contribution in [2.45, 2.75) is 32.0 Å². The average molecular weight is 582 g/mol. The van der Waals surface area contributed by atoms with Gasteiger partial charge in [0.1, 0.15) is 11.8 Å². The second-order valence-corrected chi connectivity index (χ2v) is 11.2. The molecule has 0 amide bonds. The highest BCUT2D eigenvalue weighted by Gasteiger charge is 2.43. The minimum Gasteiger partial charge on any atom is -0.321 e. The number of carbonyl (C=O) groups is 1. The lowest BCUT2D eigenvalue weighted by atomic mass is 9.76. The number of nitrogens with one attached hydrogen (secondary N) is 1. The first-order valence-electron chi connectivity index (χ1n) is 14.9. The molecule has 0 aliphatic heterocycles. The number of benzene rings is 5. The first-order valence-corrected chi connectivity index (χ1v) is 14.9. The van der Waals surface area contributed by atoms with Gasteiger partial charge in [-0.1, -0.05) is 153 Å². The molecule has 5 aromatic rings. The number of hydrogen-bond acceptors (Lipinski definition) is 5. The molecule has 44 heavy (non-hydrogen) atoms. The number of carbonyl (C=O) groups excluding carboxylic acids is 1. The molecule has 0 aliphatic rings. The Morgan fingerprint density at radius 2 is 1.23 bits per heavy atom. The predicted molar refractivity (Wildman–Crippen MR) is 179 cm³/mol. The van der Waals surface area contributed by atoms with Crippen LogP contribution in [-0.2, 0) is 16.9 Å². The Labute approximate surface area is 260 Å². The van der Waals surface area contributed by atoms with Gasteiger partial charge in [0.15, 0.2) is 5.84 Å². The Bertz CT molecular complexity index is 1570. The van der Waals surface area contributed by atoms with Gasteiger partial charge in [-0.3, -0.25) is 5.01 Å². The van der Waals surface area contributed by atoms with Crippen LogP contribution in [0.5, 0.6) is 0 Å². The van der Waals surface area contributed by atoms with E-state index in [1.165, 1.54) is 0 Å². The molecule has 6 heteroatoms. The zero-order chi connectivity index (χ0) is 30.9. The zero-order valence-electron chi connectivity index (χ0n) is 25.2. The van der Waals surface area contributed by atoms with Gasteiger partial charge in [0.2, 0.25) is 0 Å². The van der Waals surface area contributed by atoms with Gasteiger partial charge in [0.25, 0.3) is 0 Å². The summed E-state index contributed by atoms with van der Waals surface area (Å²) in [7, 11) is 0. The lowest BCUT2D eigenvalue weighted by molar-refractivity contribution is -0.110. The van der Waals surface area contributed by atoms with Crippen molar-refractivity contribution in [3.8, 4) is 11.1 Å². The van der Waals surface area contributed by atoms with E-state index in [0.717, 1.165) is 45.2 Å². The van der Waals surface area contributed by atoms with Crippen LogP contribution in [0.1, 0.15) is 41.7 Å². The molecule has 6 nitrogen and oxygen atoms in total. The Hall–Kier alpha value is -5.04. The zero-order valence-corrected chi connectivity index (χ0v) is 25.2. The SMILES string of the molecule is CC(C)C(C=O)NCc1ccc(-c2ccccc2/C(=N/N)N(N)C(c2ccccc2)(c2ccccc2)c2ccccc2)cc1. The van der Waals surface area contributed by atoms with Gasteiger partial charge in [-0.05, 0) is 39.3 Å². The quantitative estimate of drug-likeness (QED) is 0.0416. The van der Waals surface area contributed by atoms with Gasteiger partial charge in [-0.2, -0.15) is 5.10 Å². The summed E-state index contributed by atoms with van der Waals surface area (Å²) in [6.45, 7) is 4.67. The van der Waals surface area contributed by atoms with Crippen molar-refractivity contribution >= 4 is 12.1 Å². The molecule has 0 saturated carbocycles. The highest BCUT2D eigenvalue weighted by molar-refractivity contribution is 6.05. The summed E-state index contributed by atoms with van der Waals surface area (Å²) < 4.78 is 0. The van der Waals surface area contributed by atoms with Gasteiger partial charge >= 0.3 is 0 Å². The molecule has 5 N–H and O–H groups in total. The number of amidine groups is 1. The number of hydrazone groups is 1. The summed E-state index contributed by atoms with van der Waals surface area (Å²) in [6.07, 6.45) is 0.974. The minimum atomic E-state index is -0.948. The molecule has 5 rings (SSSR count). The Morgan fingerprint density at radius 1 is 0.750 bits per heavy atom. The fraction of sp³-hybridized carbons (Fsp3) is 0.158. The molecular formula is C38H39N5O. The summed E-state index contributed by atoms with van der Waals surface area (Å²) >= 11 is 0. The summed E-state index contributed by atoms with van der Waals surface area (Å²) in [5.74, 6) is 14.2. The van der Waals surface area contributed by atoms with Crippen LogP contribution in [0.4, 0.5) is 0 Å². The maximum Gasteiger partial charge on any atom is 0.171 e. The Balaban J connectivity index is 1.60. The topological polar surface area (TPSA) is 96.7 Å². The molecule has 0 radical (unpaired) electrons. The van der Waals surface area contributed by atoms with Crippen LogP contribution in [0.15, 0.2) is 145 Å². The Morgan fingerprint density at radius 3 is 1.68 bits per heavy atom. The molecule has 0 aliphatic carbocycles. The molecule has 5 aromatic carbocycles. The maximum absolute atomic E-state index is 11.4. The molecule has 0 spiro atoms. The van der Waals surface area contributed by atoms with E-state index in [2.05, 4.69) is 77.1 Å². The average Bonchev–Trinajstić information content (AvgIpc) is 3.08. The van der Waals surface area contributed by atoms with Crippen LogP contribution in [0.3, 0.4) is 0 Å². The number of hydrazine groups is 1. The number of hydrogen-bond donors (Lipinski definition) is 3. The maximum atomic E-state index is 11.4. The molecule has 0 heterocycles. The summed E-state index contributed by atoms with van der Waals surface area (Å²) in [6, 6.07) is 46.8. The normalized spacial score (nSPS) is 12.6. The monoisotopic (exact) mass is 581 g/mol. The number of nitrogens with zero attached hydrogens (tertiary/aromatic N) is 2. The summed E-state index contributed by atoms with van der Waals surface area (Å²) in [5.41, 5.74) is 5.82. The van der Waals surface area contributed by atoms with Crippen molar-refractivity contribution in [1.82, 2.24) is 10.3 Å². The van der Waals surface area contributed by atoms with Crippen molar-refractivity contribution in [2.75, 3.05) is 0 Å². The largest absolute Gasteiger partial charge is 0.321 e. The third-order valence-corrected chi connectivity index (χ3v) is 8.13. The summed E-state index contributed by atoms with van der Waals surface area (Å²) in [4.78, 5) is 11.4.